The summed E-state index contributed by atoms with van der Waals surface area (Å²) in [6.07, 6.45) is 2.39. The second kappa shape index (κ2) is 16.1. The number of nitrogens with zero attached hydrogens (tertiary/aromatic N) is 3. The normalized spacial score (nSPS) is 30.5. The van der Waals surface area contributed by atoms with Crippen LogP contribution in [0.5, 0.6) is 11.5 Å². The van der Waals surface area contributed by atoms with Gasteiger partial charge in [0.1, 0.15) is 34.6 Å². The molecule has 2 saturated heterocycles. The fourth-order valence-corrected chi connectivity index (χ4v) is 10.8. The summed E-state index contributed by atoms with van der Waals surface area (Å²) in [5.74, 6) is -7.37. The molecule has 6 atom stereocenters. The summed E-state index contributed by atoms with van der Waals surface area (Å²) >= 11 is 0. The van der Waals surface area contributed by atoms with Crippen LogP contribution in [0.2, 0.25) is 0 Å². The smallest absolute Gasteiger partial charge is 0.437 e. The number of amides is 4. The number of carbonyl (C=O) groups excluding carboxylic acids is 4. The summed E-state index contributed by atoms with van der Waals surface area (Å²) in [7, 11) is -2.86. The Hall–Kier alpha value is -5.05. The quantitative estimate of drug-likeness (QED) is 0.234. The molecule has 6 aliphatic rings. The van der Waals surface area contributed by atoms with Crippen LogP contribution < -0.4 is 24.8 Å². The zero-order valence-corrected chi connectivity index (χ0v) is 37.5. The van der Waals surface area contributed by atoms with Crippen molar-refractivity contribution >= 4 is 44.7 Å². The number of benzene rings is 1. The van der Waals surface area contributed by atoms with Crippen LogP contribution in [-0.2, 0) is 35.3 Å². The van der Waals surface area contributed by atoms with E-state index >= 15 is 22.8 Å². The molecule has 0 unspecified atom stereocenters. The first-order valence-electron chi connectivity index (χ1n) is 21.7. The number of fused-ring (bicyclic) bond motifs is 5. The molecule has 5 heterocycles. The van der Waals surface area contributed by atoms with Crippen molar-refractivity contribution in [2.75, 3.05) is 26.7 Å². The van der Waals surface area contributed by atoms with Gasteiger partial charge in [-0.3, -0.25) is 24.0 Å². The fourth-order valence-electron chi connectivity index (χ4n) is 9.45. The van der Waals surface area contributed by atoms with Crippen LogP contribution in [-0.4, -0.2) is 113 Å². The van der Waals surface area contributed by atoms with Crippen LogP contribution in [0.1, 0.15) is 103 Å². The number of rotatable bonds is 6. The van der Waals surface area contributed by atoms with Crippen molar-refractivity contribution < 1.29 is 63.8 Å². The Morgan fingerprint density at radius 3 is 2.32 bits per heavy atom. The number of halogens is 5. The lowest BCUT2D eigenvalue weighted by molar-refractivity contribution is -0.161. The molecule has 21 heteroatoms. The Morgan fingerprint density at radius 2 is 1.71 bits per heavy atom. The summed E-state index contributed by atoms with van der Waals surface area (Å²) in [5.41, 5.74) is -6.44. The molecule has 4 amide bonds. The number of alkyl halides is 5. The maximum atomic E-state index is 15.2. The highest BCUT2D eigenvalue weighted by Gasteiger charge is 2.61. The minimum Gasteiger partial charge on any atom is -0.497 e. The van der Waals surface area contributed by atoms with E-state index < -0.39 is 129 Å². The third kappa shape index (κ3) is 8.85. The molecular weight excluding hydrogens is 884 g/mol. The molecule has 2 aliphatic carbocycles. The standard InChI is InChI=1S/C44H53F5N6O9S/c1-39(2,3)64-38(59)51-29-12-10-8-6-7-9-11-25-15-16-43(25,37(58)53-65(60,61)40(4)17-18-40)52-35(56)31-21-41(22-55(31)36(29)57)20-30(54-23-42(45,46)24-54)32-27-19-26(62-5)13-14-28(27)50-34(33(32)63-41)44(47,48)49/h9,11,13-16,19,25,29-31H,6-8,10,12,17-18,20-24H2,1-5H3,(H,51,59)(H,52,56)(H,53,58)/b11-9-/t25-,29+,30-,31+,41-,43-/m1/s1. The van der Waals surface area contributed by atoms with Gasteiger partial charge in [-0.25, -0.2) is 27.0 Å². The summed E-state index contributed by atoms with van der Waals surface area (Å²) in [4.78, 5) is 63.9. The first-order chi connectivity index (χ1) is 30.3. The topological polar surface area (TPSA) is 186 Å². The van der Waals surface area contributed by atoms with Crippen LogP contribution in [0.4, 0.5) is 26.7 Å². The number of hydrogen-bond acceptors (Lipinski definition) is 11. The lowest BCUT2D eigenvalue weighted by atomic mass is 9.73. The van der Waals surface area contributed by atoms with E-state index in [2.05, 4.69) is 20.3 Å². The summed E-state index contributed by atoms with van der Waals surface area (Å²) in [6.45, 7) is 4.19. The molecule has 2 aromatic rings. The van der Waals surface area contributed by atoms with Crippen LogP contribution in [0.15, 0.2) is 42.5 Å². The number of hydrogen-bond donors (Lipinski definition) is 3. The number of aromatic nitrogens is 1. The number of carbonyl (C=O) groups is 4. The zero-order valence-electron chi connectivity index (χ0n) is 36.7. The van der Waals surface area contributed by atoms with Crippen molar-refractivity contribution in [1.29, 1.82) is 0 Å². The van der Waals surface area contributed by atoms with Crippen molar-refractivity contribution in [2.24, 2.45) is 5.92 Å². The molecule has 1 saturated carbocycles. The molecule has 0 radical (unpaired) electrons. The maximum absolute atomic E-state index is 15.2. The highest BCUT2D eigenvalue weighted by atomic mass is 32.2. The van der Waals surface area contributed by atoms with E-state index in [1.807, 2.05) is 0 Å². The van der Waals surface area contributed by atoms with E-state index in [1.165, 1.54) is 43.2 Å². The van der Waals surface area contributed by atoms with Gasteiger partial charge in [0.25, 0.3) is 11.8 Å². The Morgan fingerprint density at radius 1 is 1.00 bits per heavy atom. The van der Waals surface area contributed by atoms with Gasteiger partial charge >= 0.3 is 12.3 Å². The van der Waals surface area contributed by atoms with E-state index in [0.29, 0.717) is 38.5 Å². The third-order valence-electron chi connectivity index (χ3n) is 13.3. The van der Waals surface area contributed by atoms with Gasteiger partial charge in [0.2, 0.25) is 21.8 Å². The van der Waals surface area contributed by atoms with E-state index in [4.69, 9.17) is 14.2 Å². The molecule has 65 heavy (non-hydrogen) atoms. The van der Waals surface area contributed by atoms with E-state index in [-0.39, 0.29) is 35.1 Å². The number of ether oxygens (including phenoxy) is 3. The van der Waals surface area contributed by atoms with Gasteiger partial charge in [0.05, 0.1) is 37.0 Å². The zero-order chi connectivity index (χ0) is 47.1. The molecule has 4 aliphatic heterocycles. The number of allylic oxidation sites excluding steroid dienone is 1. The van der Waals surface area contributed by atoms with Crippen LogP contribution in [0.3, 0.4) is 0 Å². The average Bonchev–Trinajstić information content (AvgIpc) is 3.86. The van der Waals surface area contributed by atoms with Crippen LogP contribution >= 0.6 is 0 Å². The first kappa shape index (κ1) is 46.5. The minimum atomic E-state index is -5.13. The second-order valence-electron chi connectivity index (χ2n) is 19.4. The highest BCUT2D eigenvalue weighted by Crippen LogP contribution is 2.55. The molecule has 15 nitrogen and oxygen atoms in total. The predicted octanol–water partition coefficient (Wildman–Crippen LogP) is 5.83. The Bertz CT molecular complexity index is 2470. The molecule has 8 rings (SSSR count). The molecule has 1 aromatic heterocycles. The molecule has 3 fully saturated rings. The summed E-state index contributed by atoms with van der Waals surface area (Å²) in [6, 6.07) is 0.0714. The monoisotopic (exact) mass is 936 g/mol. The van der Waals surface area contributed by atoms with Gasteiger partial charge in [-0.05, 0) is 78.0 Å². The maximum Gasteiger partial charge on any atom is 0.437 e. The van der Waals surface area contributed by atoms with Crippen molar-refractivity contribution in [2.45, 2.75) is 137 Å². The van der Waals surface area contributed by atoms with E-state index in [9.17, 15) is 26.8 Å². The fraction of sp³-hybridized carbons (Fsp3) is 0.614. The number of methoxy groups -OCH3 is 1. The van der Waals surface area contributed by atoms with Crippen LogP contribution in [0, 0.1) is 5.92 Å². The van der Waals surface area contributed by atoms with Gasteiger partial charge in [-0.2, -0.15) is 13.2 Å². The van der Waals surface area contributed by atoms with Gasteiger partial charge in [0.15, 0.2) is 11.4 Å². The lowest BCUT2D eigenvalue weighted by Gasteiger charge is -2.50. The van der Waals surface area contributed by atoms with E-state index in [0.717, 1.165) is 4.90 Å². The summed E-state index contributed by atoms with van der Waals surface area (Å²) < 4.78 is 120. The van der Waals surface area contributed by atoms with E-state index in [1.54, 1.807) is 39.0 Å². The average molecular weight is 937 g/mol. The summed E-state index contributed by atoms with van der Waals surface area (Å²) in [5, 5.41) is 5.50. The molecule has 3 N–H and O–H groups in total. The molecular formula is C44H53F5N6O9S. The first-order valence-corrected chi connectivity index (χ1v) is 23.2. The van der Waals surface area contributed by atoms with Crippen LogP contribution in [0.25, 0.3) is 10.9 Å². The molecule has 0 bridgehead atoms. The number of alkyl carbamates (subject to hydrolysis) is 1. The Balaban J connectivity index is 1.24. The van der Waals surface area contributed by atoms with Gasteiger partial charge in [-0.15, -0.1) is 0 Å². The number of nitrogens with one attached hydrogen (secondary N) is 3. The second-order valence-corrected chi connectivity index (χ2v) is 21.6. The Labute approximate surface area is 372 Å². The lowest BCUT2D eigenvalue weighted by Crippen LogP contribution is -2.67. The highest BCUT2D eigenvalue weighted by molar-refractivity contribution is 7.91. The molecule has 1 spiro atoms. The minimum absolute atomic E-state index is 0.0671. The predicted molar refractivity (Wildman–Crippen MR) is 224 cm³/mol. The number of sulfonamides is 1. The van der Waals surface area contributed by atoms with Gasteiger partial charge < -0.3 is 29.7 Å². The molecule has 354 valence electrons. The Kier molecular flexibility index (Phi) is 11.5. The third-order valence-corrected chi connectivity index (χ3v) is 15.5. The number of likely N-dealkylation sites (tertiary alicyclic amines) is 1. The molecule has 1 aromatic carbocycles. The van der Waals surface area contributed by atoms with Crippen molar-refractivity contribution in [3.05, 3.63) is 53.8 Å². The SMILES string of the molecule is COc1ccc2nc(C(F)(F)F)c3c(c2c1)[C@H](N1CC(F)(F)C1)C[C@]1(C[C@H]2C(=O)N[C@]4(C(=O)NS(=O)(=O)C5(C)CC5)C=C[C@H]4/C=C\CCCCC[C@H](NC(=O)OC(C)(C)C)C(=O)N2C1)O3. The van der Waals surface area contributed by atoms with Crippen molar-refractivity contribution in [1.82, 2.24) is 30.1 Å². The van der Waals surface area contributed by atoms with Crippen molar-refractivity contribution in [3.8, 4) is 11.5 Å². The van der Waals surface area contributed by atoms with Crippen molar-refractivity contribution in [3.63, 3.8) is 0 Å². The number of pyridine rings is 1. The van der Waals surface area contributed by atoms with Gasteiger partial charge in [-0.1, -0.05) is 37.1 Å². The largest absolute Gasteiger partial charge is 0.497 e. The van der Waals surface area contributed by atoms with Gasteiger partial charge in [0, 0.05) is 35.8 Å².